The highest BCUT2D eigenvalue weighted by molar-refractivity contribution is 7.98. The minimum Gasteiger partial charge on any atom is -0.327 e. The van der Waals surface area contributed by atoms with Crippen LogP contribution in [0.1, 0.15) is 5.56 Å². The molecule has 12 heavy (non-hydrogen) atoms. The number of nitrogens with two attached hydrogens (primary N) is 1. The fourth-order valence-electron chi connectivity index (χ4n) is 0.722. The van der Waals surface area contributed by atoms with Gasteiger partial charge in [-0.3, -0.25) is 0 Å². The van der Waals surface area contributed by atoms with Crippen LogP contribution in [0.15, 0.2) is 23.6 Å². The SMILES string of the molecule is CSc1ncc(C=CCN)cn1. The molecule has 0 aliphatic heterocycles. The average molecular weight is 181 g/mol. The van der Waals surface area contributed by atoms with E-state index in [4.69, 9.17) is 5.73 Å². The van der Waals surface area contributed by atoms with Gasteiger partial charge in [0.15, 0.2) is 5.16 Å². The van der Waals surface area contributed by atoms with Crippen LogP contribution in [0.4, 0.5) is 0 Å². The first-order valence-electron chi connectivity index (χ1n) is 3.59. The first-order chi connectivity index (χ1) is 5.86. The second kappa shape index (κ2) is 4.90. The molecule has 0 atom stereocenters. The minimum absolute atomic E-state index is 0.546. The summed E-state index contributed by atoms with van der Waals surface area (Å²) in [6.07, 6.45) is 9.29. The summed E-state index contributed by atoms with van der Waals surface area (Å²) >= 11 is 1.53. The Kier molecular flexibility index (Phi) is 3.76. The summed E-state index contributed by atoms with van der Waals surface area (Å²) in [7, 11) is 0. The summed E-state index contributed by atoms with van der Waals surface area (Å²) in [5, 5.41) is 0.792. The van der Waals surface area contributed by atoms with Gasteiger partial charge in [0.25, 0.3) is 0 Å². The van der Waals surface area contributed by atoms with Crippen LogP contribution >= 0.6 is 11.8 Å². The lowest BCUT2D eigenvalue weighted by Gasteiger charge is -1.94. The fraction of sp³-hybridized carbons (Fsp3) is 0.250. The van der Waals surface area contributed by atoms with Crippen molar-refractivity contribution in [3.05, 3.63) is 24.0 Å². The molecule has 0 saturated heterocycles. The zero-order valence-electron chi connectivity index (χ0n) is 6.90. The van der Waals surface area contributed by atoms with E-state index >= 15 is 0 Å². The molecule has 0 amide bonds. The van der Waals surface area contributed by atoms with Crippen LogP contribution in [-0.4, -0.2) is 22.8 Å². The molecular formula is C8H11N3S. The third-order valence-corrected chi connectivity index (χ3v) is 1.85. The molecule has 2 N–H and O–H groups in total. The van der Waals surface area contributed by atoms with Crippen molar-refractivity contribution < 1.29 is 0 Å². The van der Waals surface area contributed by atoms with Crippen molar-refractivity contribution in [1.29, 1.82) is 0 Å². The van der Waals surface area contributed by atoms with Gasteiger partial charge in [0, 0.05) is 24.5 Å². The molecule has 4 heteroatoms. The van der Waals surface area contributed by atoms with Crippen molar-refractivity contribution >= 4 is 17.8 Å². The van der Waals surface area contributed by atoms with Crippen LogP contribution < -0.4 is 5.73 Å². The number of nitrogens with zero attached hydrogens (tertiary/aromatic N) is 2. The van der Waals surface area contributed by atoms with Crippen molar-refractivity contribution in [3.63, 3.8) is 0 Å². The summed E-state index contributed by atoms with van der Waals surface area (Å²) in [5.74, 6) is 0. The summed E-state index contributed by atoms with van der Waals surface area (Å²) in [5.41, 5.74) is 6.29. The van der Waals surface area contributed by atoms with E-state index in [-0.39, 0.29) is 0 Å². The zero-order chi connectivity index (χ0) is 8.81. The molecule has 0 spiro atoms. The smallest absolute Gasteiger partial charge is 0.187 e. The Labute approximate surface area is 76.1 Å². The second-order valence-corrected chi connectivity index (χ2v) is 2.91. The molecule has 1 rings (SSSR count). The molecule has 0 aliphatic rings. The lowest BCUT2D eigenvalue weighted by atomic mass is 10.3. The Morgan fingerprint density at radius 2 is 2.17 bits per heavy atom. The molecule has 1 heterocycles. The van der Waals surface area contributed by atoms with E-state index < -0.39 is 0 Å². The van der Waals surface area contributed by atoms with E-state index in [0.29, 0.717) is 6.54 Å². The maximum Gasteiger partial charge on any atom is 0.187 e. The zero-order valence-corrected chi connectivity index (χ0v) is 7.71. The van der Waals surface area contributed by atoms with E-state index in [1.165, 1.54) is 11.8 Å². The normalized spacial score (nSPS) is 10.8. The van der Waals surface area contributed by atoms with E-state index in [1.54, 1.807) is 12.4 Å². The number of rotatable bonds is 3. The van der Waals surface area contributed by atoms with Crippen LogP contribution in [0.2, 0.25) is 0 Å². The van der Waals surface area contributed by atoms with Crippen molar-refractivity contribution in [2.75, 3.05) is 12.8 Å². The summed E-state index contributed by atoms with van der Waals surface area (Å²) in [4.78, 5) is 8.22. The van der Waals surface area contributed by atoms with Crippen molar-refractivity contribution in [2.45, 2.75) is 5.16 Å². The summed E-state index contributed by atoms with van der Waals surface area (Å²) in [6.45, 7) is 0.546. The molecule has 0 aliphatic carbocycles. The van der Waals surface area contributed by atoms with Gasteiger partial charge in [-0.1, -0.05) is 23.9 Å². The van der Waals surface area contributed by atoms with Gasteiger partial charge in [-0.25, -0.2) is 9.97 Å². The van der Waals surface area contributed by atoms with Gasteiger partial charge < -0.3 is 5.73 Å². The van der Waals surface area contributed by atoms with E-state index in [2.05, 4.69) is 9.97 Å². The molecule has 3 nitrogen and oxygen atoms in total. The van der Waals surface area contributed by atoms with Crippen LogP contribution in [-0.2, 0) is 0 Å². The maximum absolute atomic E-state index is 5.30. The molecule has 0 unspecified atom stereocenters. The average Bonchev–Trinajstić information content (AvgIpc) is 2.15. The molecule has 0 fully saturated rings. The number of hydrogen-bond donors (Lipinski definition) is 1. The van der Waals surface area contributed by atoms with Crippen molar-refractivity contribution in [1.82, 2.24) is 9.97 Å². The minimum atomic E-state index is 0.546. The van der Waals surface area contributed by atoms with E-state index in [1.807, 2.05) is 18.4 Å². The largest absolute Gasteiger partial charge is 0.327 e. The molecule has 0 bridgehead atoms. The van der Waals surface area contributed by atoms with Crippen LogP contribution in [0.5, 0.6) is 0 Å². The quantitative estimate of drug-likeness (QED) is 0.562. The number of thioether (sulfide) groups is 1. The highest BCUT2D eigenvalue weighted by atomic mass is 32.2. The second-order valence-electron chi connectivity index (χ2n) is 2.14. The first-order valence-corrected chi connectivity index (χ1v) is 4.82. The molecule has 1 aromatic heterocycles. The fourth-order valence-corrected chi connectivity index (χ4v) is 1.04. The predicted octanol–water partition coefficient (Wildman–Crippen LogP) is 1.17. The van der Waals surface area contributed by atoms with Gasteiger partial charge in [0.2, 0.25) is 0 Å². The highest BCUT2D eigenvalue weighted by Gasteiger charge is 1.91. The van der Waals surface area contributed by atoms with Gasteiger partial charge in [-0.2, -0.15) is 0 Å². The third kappa shape index (κ3) is 2.64. The number of aromatic nitrogens is 2. The Balaban J connectivity index is 2.71. The molecular weight excluding hydrogens is 170 g/mol. The lowest BCUT2D eigenvalue weighted by molar-refractivity contribution is 0.965. The Morgan fingerprint density at radius 3 is 2.67 bits per heavy atom. The summed E-state index contributed by atoms with van der Waals surface area (Å²) < 4.78 is 0. The number of hydrogen-bond acceptors (Lipinski definition) is 4. The van der Waals surface area contributed by atoms with Crippen LogP contribution in [0, 0.1) is 0 Å². The standard InChI is InChI=1S/C8H11N3S/c1-12-8-10-5-7(6-11-8)3-2-4-9/h2-3,5-6H,4,9H2,1H3. The Bertz CT molecular complexity index is 256. The van der Waals surface area contributed by atoms with E-state index in [0.717, 1.165) is 10.7 Å². The molecule has 64 valence electrons. The van der Waals surface area contributed by atoms with Gasteiger partial charge >= 0.3 is 0 Å². The van der Waals surface area contributed by atoms with Gasteiger partial charge in [-0.15, -0.1) is 0 Å². The molecule has 1 aromatic rings. The topological polar surface area (TPSA) is 51.8 Å². The van der Waals surface area contributed by atoms with Gasteiger partial charge in [0.1, 0.15) is 0 Å². The molecule has 0 saturated carbocycles. The Hall–Kier alpha value is -0.870. The van der Waals surface area contributed by atoms with E-state index in [9.17, 15) is 0 Å². The first kappa shape index (κ1) is 9.22. The monoisotopic (exact) mass is 181 g/mol. The van der Waals surface area contributed by atoms with Gasteiger partial charge in [0.05, 0.1) is 0 Å². The molecule has 0 radical (unpaired) electrons. The maximum atomic E-state index is 5.30. The van der Waals surface area contributed by atoms with Gasteiger partial charge in [-0.05, 0) is 6.26 Å². The third-order valence-electron chi connectivity index (χ3n) is 1.28. The predicted molar refractivity (Wildman–Crippen MR) is 51.9 cm³/mol. The lowest BCUT2D eigenvalue weighted by Crippen LogP contribution is -1.92. The van der Waals surface area contributed by atoms with Crippen LogP contribution in [0.3, 0.4) is 0 Å². The Morgan fingerprint density at radius 1 is 1.50 bits per heavy atom. The highest BCUT2D eigenvalue weighted by Crippen LogP contribution is 2.07. The van der Waals surface area contributed by atoms with Crippen molar-refractivity contribution in [3.8, 4) is 0 Å². The molecule has 0 aromatic carbocycles. The summed E-state index contributed by atoms with van der Waals surface area (Å²) in [6, 6.07) is 0. The van der Waals surface area contributed by atoms with Crippen molar-refractivity contribution in [2.24, 2.45) is 5.73 Å². The van der Waals surface area contributed by atoms with Crippen LogP contribution in [0.25, 0.3) is 6.08 Å².